The third-order valence-corrected chi connectivity index (χ3v) is 4.19. The Kier molecular flexibility index (Phi) is 5.12. The van der Waals surface area contributed by atoms with Gasteiger partial charge < -0.3 is 14.5 Å². The highest BCUT2D eigenvalue weighted by Gasteiger charge is 2.29. The Morgan fingerprint density at radius 2 is 1.57 bits per heavy atom. The molecule has 0 unspecified atom stereocenters. The van der Waals surface area contributed by atoms with Crippen LogP contribution in [0.3, 0.4) is 0 Å². The van der Waals surface area contributed by atoms with Crippen molar-refractivity contribution in [2.24, 2.45) is 5.92 Å². The average molecular weight is 296 g/mol. The van der Waals surface area contributed by atoms with Crippen LogP contribution in [0.1, 0.15) is 52.9 Å². The lowest BCUT2D eigenvalue weighted by Crippen LogP contribution is -2.42. The molecule has 0 radical (unpaired) electrons. The summed E-state index contributed by atoms with van der Waals surface area (Å²) in [6.45, 7) is 8.90. The second-order valence-corrected chi connectivity index (χ2v) is 7.20. The zero-order valence-electron chi connectivity index (χ0n) is 13.6. The first-order chi connectivity index (χ1) is 9.85. The van der Waals surface area contributed by atoms with E-state index >= 15 is 0 Å². The maximum Gasteiger partial charge on any atom is 0.410 e. The summed E-state index contributed by atoms with van der Waals surface area (Å²) in [4.78, 5) is 27.9. The van der Waals surface area contributed by atoms with Gasteiger partial charge in [0.05, 0.1) is 0 Å². The van der Waals surface area contributed by atoms with Crippen molar-refractivity contribution in [3.63, 3.8) is 0 Å². The highest BCUT2D eigenvalue weighted by atomic mass is 16.6. The minimum Gasteiger partial charge on any atom is -0.444 e. The maximum atomic E-state index is 12.1. The molecule has 0 aromatic heterocycles. The number of amides is 2. The SMILES string of the molecule is CC(C)(C)OC(=O)N1CCC(CC(=O)N2CCCC2)CC1. The molecular formula is C16H28N2O3. The summed E-state index contributed by atoms with van der Waals surface area (Å²) in [7, 11) is 0. The van der Waals surface area contributed by atoms with Gasteiger partial charge in [-0.25, -0.2) is 4.79 Å². The Morgan fingerprint density at radius 3 is 2.10 bits per heavy atom. The lowest BCUT2D eigenvalue weighted by atomic mass is 9.93. The molecule has 120 valence electrons. The smallest absolute Gasteiger partial charge is 0.410 e. The molecule has 0 bridgehead atoms. The van der Waals surface area contributed by atoms with Crippen molar-refractivity contribution in [2.75, 3.05) is 26.2 Å². The lowest BCUT2D eigenvalue weighted by molar-refractivity contribution is -0.131. The van der Waals surface area contributed by atoms with Crippen molar-refractivity contribution in [1.82, 2.24) is 9.80 Å². The summed E-state index contributed by atoms with van der Waals surface area (Å²) < 4.78 is 5.39. The molecule has 0 saturated carbocycles. The molecule has 2 rings (SSSR count). The molecule has 2 aliphatic rings. The van der Waals surface area contributed by atoms with Gasteiger partial charge in [-0.15, -0.1) is 0 Å². The number of piperidine rings is 1. The fourth-order valence-corrected chi connectivity index (χ4v) is 2.99. The van der Waals surface area contributed by atoms with E-state index in [1.54, 1.807) is 4.90 Å². The van der Waals surface area contributed by atoms with Crippen LogP contribution in [0.15, 0.2) is 0 Å². The van der Waals surface area contributed by atoms with Crippen LogP contribution in [-0.2, 0) is 9.53 Å². The van der Waals surface area contributed by atoms with Crippen LogP contribution in [0.4, 0.5) is 4.79 Å². The Morgan fingerprint density at radius 1 is 1.00 bits per heavy atom. The number of nitrogens with zero attached hydrogens (tertiary/aromatic N) is 2. The fourth-order valence-electron chi connectivity index (χ4n) is 2.99. The Balaban J connectivity index is 1.72. The molecule has 5 nitrogen and oxygen atoms in total. The third-order valence-electron chi connectivity index (χ3n) is 4.19. The van der Waals surface area contributed by atoms with Crippen molar-refractivity contribution in [1.29, 1.82) is 0 Å². The van der Waals surface area contributed by atoms with Crippen LogP contribution in [0.2, 0.25) is 0 Å². The monoisotopic (exact) mass is 296 g/mol. The number of hydrogen-bond acceptors (Lipinski definition) is 3. The highest BCUT2D eigenvalue weighted by Crippen LogP contribution is 2.23. The molecule has 2 amide bonds. The number of hydrogen-bond donors (Lipinski definition) is 0. The van der Waals surface area contributed by atoms with Crippen molar-refractivity contribution < 1.29 is 14.3 Å². The molecule has 0 atom stereocenters. The van der Waals surface area contributed by atoms with E-state index < -0.39 is 5.60 Å². The number of ether oxygens (including phenoxy) is 1. The van der Waals surface area contributed by atoms with Crippen LogP contribution >= 0.6 is 0 Å². The topological polar surface area (TPSA) is 49.9 Å². The number of rotatable bonds is 2. The van der Waals surface area contributed by atoms with E-state index in [1.807, 2.05) is 25.7 Å². The molecule has 0 aliphatic carbocycles. The first-order valence-electron chi connectivity index (χ1n) is 8.11. The Hall–Kier alpha value is -1.26. The maximum absolute atomic E-state index is 12.1. The van der Waals surface area contributed by atoms with E-state index in [2.05, 4.69) is 0 Å². The van der Waals surface area contributed by atoms with Gasteiger partial charge >= 0.3 is 6.09 Å². The average Bonchev–Trinajstić information content (AvgIpc) is 2.91. The summed E-state index contributed by atoms with van der Waals surface area (Å²) >= 11 is 0. The molecule has 2 fully saturated rings. The molecule has 21 heavy (non-hydrogen) atoms. The molecular weight excluding hydrogens is 268 g/mol. The van der Waals surface area contributed by atoms with Gasteiger partial charge in [0.1, 0.15) is 5.60 Å². The van der Waals surface area contributed by atoms with E-state index in [9.17, 15) is 9.59 Å². The van der Waals surface area contributed by atoms with Crippen LogP contribution in [0.25, 0.3) is 0 Å². The summed E-state index contributed by atoms with van der Waals surface area (Å²) in [6.07, 6.45) is 4.50. The fraction of sp³-hybridized carbons (Fsp3) is 0.875. The van der Waals surface area contributed by atoms with E-state index in [0.717, 1.165) is 38.8 Å². The van der Waals surface area contributed by atoms with Gasteiger partial charge in [-0.05, 0) is 52.4 Å². The zero-order chi connectivity index (χ0) is 15.5. The standard InChI is InChI=1S/C16H28N2O3/c1-16(2,3)21-15(20)18-10-6-13(7-11-18)12-14(19)17-8-4-5-9-17/h13H,4-12H2,1-3H3. The molecule has 5 heteroatoms. The number of carbonyl (C=O) groups excluding carboxylic acids is 2. The molecule has 2 heterocycles. The van der Waals surface area contributed by atoms with Crippen molar-refractivity contribution in [3.05, 3.63) is 0 Å². The van der Waals surface area contributed by atoms with Crippen LogP contribution < -0.4 is 0 Å². The molecule has 0 spiro atoms. The largest absolute Gasteiger partial charge is 0.444 e. The number of likely N-dealkylation sites (tertiary alicyclic amines) is 2. The van der Waals surface area contributed by atoms with E-state index in [-0.39, 0.29) is 6.09 Å². The molecule has 2 saturated heterocycles. The minimum absolute atomic E-state index is 0.230. The molecule has 0 aromatic carbocycles. The normalized spacial score (nSPS) is 20.7. The first-order valence-corrected chi connectivity index (χ1v) is 8.11. The molecule has 0 aromatic rings. The van der Waals surface area contributed by atoms with Gasteiger partial charge in [0, 0.05) is 32.6 Å². The van der Waals surface area contributed by atoms with Gasteiger partial charge in [0.15, 0.2) is 0 Å². The molecule has 2 aliphatic heterocycles. The predicted octanol–water partition coefficient (Wildman–Crippen LogP) is 2.65. The van der Waals surface area contributed by atoms with Gasteiger partial charge in [-0.2, -0.15) is 0 Å². The Bertz CT molecular complexity index is 375. The van der Waals surface area contributed by atoms with Crippen LogP contribution in [-0.4, -0.2) is 53.6 Å². The second kappa shape index (κ2) is 6.67. The number of carbonyl (C=O) groups is 2. The Labute approximate surface area is 127 Å². The summed E-state index contributed by atoms with van der Waals surface area (Å²) in [5.74, 6) is 0.708. The quantitative estimate of drug-likeness (QED) is 0.787. The van der Waals surface area contributed by atoms with E-state index in [0.29, 0.717) is 31.3 Å². The van der Waals surface area contributed by atoms with Gasteiger partial charge in [-0.3, -0.25) is 4.79 Å². The van der Waals surface area contributed by atoms with Gasteiger partial charge in [0.2, 0.25) is 5.91 Å². The summed E-state index contributed by atoms with van der Waals surface area (Å²) in [6, 6.07) is 0. The summed E-state index contributed by atoms with van der Waals surface area (Å²) in [5.41, 5.74) is -0.445. The third kappa shape index (κ3) is 4.90. The molecule has 0 N–H and O–H groups in total. The van der Waals surface area contributed by atoms with E-state index in [1.165, 1.54) is 0 Å². The van der Waals surface area contributed by atoms with Gasteiger partial charge in [0.25, 0.3) is 0 Å². The summed E-state index contributed by atoms with van der Waals surface area (Å²) in [5, 5.41) is 0. The highest BCUT2D eigenvalue weighted by molar-refractivity contribution is 5.76. The van der Waals surface area contributed by atoms with Crippen molar-refractivity contribution in [2.45, 2.75) is 58.5 Å². The zero-order valence-corrected chi connectivity index (χ0v) is 13.6. The lowest BCUT2D eigenvalue weighted by Gasteiger charge is -2.33. The predicted molar refractivity (Wildman–Crippen MR) is 81.0 cm³/mol. The van der Waals surface area contributed by atoms with Crippen LogP contribution in [0.5, 0.6) is 0 Å². The van der Waals surface area contributed by atoms with Crippen molar-refractivity contribution >= 4 is 12.0 Å². The van der Waals surface area contributed by atoms with Gasteiger partial charge in [-0.1, -0.05) is 0 Å². The second-order valence-electron chi connectivity index (χ2n) is 7.20. The van der Waals surface area contributed by atoms with E-state index in [4.69, 9.17) is 4.74 Å². The first kappa shape index (κ1) is 16.1. The minimum atomic E-state index is -0.445. The van der Waals surface area contributed by atoms with Crippen molar-refractivity contribution in [3.8, 4) is 0 Å². The van der Waals surface area contributed by atoms with Crippen LogP contribution in [0, 0.1) is 5.92 Å².